The lowest BCUT2D eigenvalue weighted by Gasteiger charge is -2.35. The van der Waals surface area contributed by atoms with Crippen LogP contribution in [0.2, 0.25) is 0 Å². The van der Waals surface area contributed by atoms with Crippen molar-refractivity contribution in [3.8, 4) is 0 Å². The highest BCUT2D eigenvalue weighted by Gasteiger charge is 2.22. The largest absolute Gasteiger partial charge is 0.392 e. The monoisotopic (exact) mass is 228 g/mol. The Bertz CT molecular complexity index is 196. The summed E-state index contributed by atoms with van der Waals surface area (Å²) in [6, 6.07) is 1.25. The molecule has 0 aromatic rings. The van der Waals surface area contributed by atoms with E-state index in [1.54, 1.807) is 0 Å². The van der Waals surface area contributed by atoms with Gasteiger partial charge in [0.15, 0.2) is 0 Å². The number of hydrogen-bond donors (Lipinski definition) is 2. The summed E-state index contributed by atoms with van der Waals surface area (Å²) >= 11 is 0. The molecule has 0 amide bonds. The normalized spacial score (nSPS) is 29.6. The van der Waals surface area contributed by atoms with E-state index in [1.165, 1.54) is 19.4 Å². The van der Waals surface area contributed by atoms with Gasteiger partial charge in [0.1, 0.15) is 0 Å². The van der Waals surface area contributed by atoms with Gasteiger partial charge in [-0.3, -0.25) is 0 Å². The molecule has 1 rings (SSSR count). The van der Waals surface area contributed by atoms with Crippen molar-refractivity contribution >= 4 is 0 Å². The Kier molecular flexibility index (Phi) is 5.73. The molecule has 0 aliphatic carbocycles. The number of rotatable bonds is 5. The molecule has 0 bridgehead atoms. The third-order valence-corrected chi connectivity index (χ3v) is 3.59. The second-order valence-corrected chi connectivity index (χ2v) is 5.74. The molecule has 3 heteroatoms. The van der Waals surface area contributed by atoms with Crippen molar-refractivity contribution in [2.75, 3.05) is 20.1 Å². The van der Waals surface area contributed by atoms with Crippen LogP contribution in [0, 0.1) is 5.92 Å². The summed E-state index contributed by atoms with van der Waals surface area (Å²) in [4.78, 5) is 2.41. The number of likely N-dealkylation sites (tertiary alicyclic amines) is 1. The summed E-state index contributed by atoms with van der Waals surface area (Å²) < 4.78 is 0. The number of aliphatic hydroxyl groups is 1. The van der Waals surface area contributed by atoms with E-state index in [1.807, 2.05) is 0 Å². The Morgan fingerprint density at radius 2 is 2.12 bits per heavy atom. The smallest absolute Gasteiger partial charge is 0.0667 e. The Morgan fingerprint density at radius 1 is 1.44 bits per heavy atom. The van der Waals surface area contributed by atoms with E-state index in [9.17, 15) is 5.11 Å². The van der Waals surface area contributed by atoms with Crippen molar-refractivity contribution in [1.82, 2.24) is 10.2 Å². The fourth-order valence-corrected chi connectivity index (χ4v) is 2.40. The van der Waals surface area contributed by atoms with Crippen molar-refractivity contribution in [2.24, 2.45) is 5.92 Å². The van der Waals surface area contributed by atoms with Gasteiger partial charge >= 0.3 is 0 Å². The van der Waals surface area contributed by atoms with Crippen LogP contribution in [0.15, 0.2) is 0 Å². The summed E-state index contributed by atoms with van der Waals surface area (Å²) in [6.07, 6.45) is 3.12. The lowest BCUT2D eigenvalue weighted by Crippen LogP contribution is -2.47. The maximum absolute atomic E-state index is 9.80. The van der Waals surface area contributed by atoms with E-state index < -0.39 is 0 Å². The summed E-state index contributed by atoms with van der Waals surface area (Å²) in [5, 5.41) is 13.3. The number of nitrogens with zero attached hydrogens (tertiary/aromatic N) is 1. The molecular formula is C13H28N2O. The van der Waals surface area contributed by atoms with Crippen molar-refractivity contribution in [1.29, 1.82) is 0 Å². The van der Waals surface area contributed by atoms with Crippen LogP contribution in [0.1, 0.15) is 40.0 Å². The predicted octanol–water partition coefficient (Wildman–Crippen LogP) is 1.47. The number of piperidine rings is 1. The van der Waals surface area contributed by atoms with Crippen LogP contribution in [0.4, 0.5) is 0 Å². The van der Waals surface area contributed by atoms with Crippen LogP contribution >= 0.6 is 0 Å². The zero-order valence-corrected chi connectivity index (χ0v) is 11.2. The number of aliphatic hydroxyl groups excluding tert-OH is 1. The molecule has 0 aromatic carbocycles. The van der Waals surface area contributed by atoms with E-state index >= 15 is 0 Å². The Labute approximate surface area is 100 Å². The fourth-order valence-electron chi connectivity index (χ4n) is 2.40. The molecule has 2 N–H and O–H groups in total. The highest BCUT2D eigenvalue weighted by Crippen LogP contribution is 2.15. The molecule has 1 aliphatic rings. The highest BCUT2D eigenvalue weighted by atomic mass is 16.3. The lowest BCUT2D eigenvalue weighted by molar-refractivity contribution is 0.124. The minimum atomic E-state index is -0.185. The van der Waals surface area contributed by atoms with Gasteiger partial charge in [-0.2, -0.15) is 0 Å². The summed E-state index contributed by atoms with van der Waals surface area (Å²) in [5.74, 6) is 0.577. The predicted molar refractivity (Wildman–Crippen MR) is 68.6 cm³/mol. The molecule has 0 radical (unpaired) electrons. The average molecular weight is 228 g/mol. The first-order valence-corrected chi connectivity index (χ1v) is 6.60. The highest BCUT2D eigenvalue weighted by molar-refractivity contribution is 4.81. The molecular weight excluding hydrogens is 200 g/mol. The van der Waals surface area contributed by atoms with E-state index in [0.717, 1.165) is 13.0 Å². The Balaban J connectivity index is 2.18. The molecule has 3 nitrogen and oxygen atoms in total. The van der Waals surface area contributed by atoms with Crippen LogP contribution in [-0.4, -0.2) is 48.3 Å². The molecule has 0 aromatic heterocycles. The fraction of sp³-hybridized carbons (Fsp3) is 1.00. The SMILES string of the molecule is CC(C)CC(O)CNC1CCN(C)C(C)C1. The van der Waals surface area contributed by atoms with Gasteiger partial charge in [0.05, 0.1) is 6.10 Å². The van der Waals surface area contributed by atoms with Crippen LogP contribution in [0.3, 0.4) is 0 Å². The van der Waals surface area contributed by atoms with Crippen LogP contribution in [-0.2, 0) is 0 Å². The number of nitrogens with one attached hydrogen (secondary N) is 1. The van der Waals surface area contributed by atoms with Crippen LogP contribution < -0.4 is 5.32 Å². The molecule has 96 valence electrons. The Hall–Kier alpha value is -0.120. The first-order chi connectivity index (χ1) is 7.49. The Morgan fingerprint density at radius 3 is 2.69 bits per heavy atom. The van der Waals surface area contributed by atoms with E-state index in [2.05, 4.69) is 38.0 Å². The van der Waals surface area contributed by atoms with Gasteiger partial charge in [-0.25, -0.2) is 0 Å². The van der Waals surface area contributed by atoms with E-state index in [0.29, 0.717) is 18.0 Å². The standard InChI is InChI=1S/C13H28N2O/c1-10(2)7-13(16)9-14-12-5-6-15(4)11(3)8-12/h10-14,16H,5-9H2,1-4H3. The molecule has 0 saturated carbocycles. The van der Waals surface area contributed by atoms with E-state index in [4.69, 9.17) is 0 Å². The maximum Gasteiger partial charge on any atom is 0.0667 e. The molecule has 1 fully saturated rings. The third-order valence-electron chi connectivity index (χ3n) is 3.59. The van der Waals surface area contributed by atoms with Crippen LogP contribution in [0.5, 0.6) is 0 Å². The molecule has 16 heavy (non-hydrogen) atoms. The van der Waals surface area contributed by atoms with Gasteiger partial charge in [-0.05, 0) is 45.7 Å². The molecule has 3 atom stereocenters. The van der Waals surface area contributed by atoms with Gasteiger partial charge in [-0.1, -0.05) is 13.8 Å². The summed E-state index contributed by atoms with van der Waals surface area (Å²) in [5.41, 5.74) is 0. The van der Waals surface area contributed by atoms with Crippen molar-refractivity contribution < 1.29 is 5.11 Å². The van der Waals surface area contributed by atoms with Crippen molar-refractivity contribution in [2.45, 2.75) is 58.2 Å². The summed E-state index contributed by atoms with van der Waals surface area (Å²) in [7, 11) is 2.19. The zero-order valence-electron chi connectivity index (χ0n) is 11.2. The lowest BCUT2D eigenvalue weighted by atomic mass is 9.98. The molecule has 0 spiro atoms. The minimum Gasteiger partial charge on any atom is -0.392 e. The summed E-state index contributed by atoms with van der Waals surface area (Å²) in [6.45, 7) is 8.50. The molecule has 3 unspecified atom stereocenters. The van der Waals surface area contributed by atoms with Gasteiger partial charge in [0, 0.05) is 18.6 Å². The molecule has 1 saturated heterocycles. The van der Waals surface area contributed by atoms with Gasteiger partial charge in [-0.15, -0.1) is 0 Å². The van der Waals surface area contributed by atoms with E-state index in [-0.39, 0.29) is 6.10 Å². The maximum atomic E-state index is 9.80. The van der Waals surface area contributed by atoms with Crippen molar-refractivity contribution in [3.05, 3.63) is 0 Å². The quantitative estimate of drug-likeness (QED) is 0.748. The first-order valence-electron chi connectivity index (χ1n) is 6.60. The second kappa shape index (κ2) is 6.58. The van der Waals surface area contributed by atoms with Gasteiger partial charge in [0.25, 0.3) is 0 Å². The second-order valence-electron chi connectivity index (χ2n) is 5.74. The topological polar surface area (TPSA) is 35.5 Å². The van der Waals surface area contributed by atoms with Gasteiger partial charge < -0.3 is 15.3 Å². The minimum absolute atomic E-state index is 0.185. The van der Waals surface area contributed by atoms with Crippen LogP contribution in [0.25, 0.3) is 0 Å². The molecule has 1 heterocycles. The van der Waals surface area contributed by atoms with Crippen molar-refractivity contribution in [3.63, 3.8) is 0 Å². The zero-order chi connectivity index (χ0) is 12.1. The average Bonchev–Trinajstić information content (AvgIpc) is 2.19. The first kappa shape index (κ1) is 13.9. The molecule has 1 aliphatic heterocycles. The third kappa shape index (κ3) is 4.81. The van der Waals surface area contributed by atoms with Gasteiger partial charge in [0.2, 0.25) is 0 Å². The number of hydrogen-bond acceptors (Lipinski definition) is 3.